The van der Waals surface area contributed by atoms with Gasteiger partial charge in [0.1, 0.15) is 19.3 Å². The molecule has 0 saturated carbocycles. The number of phosphoric ester groups is 2. The Bertz CT molecular complexity index is 1730. The molecule has 0 saturated heterocycles. The first kappa shape index (κ1) is 86.1. The van der Waals surface area contributed by atoms with Crippen molar-refractivity contribution in [3.8, 4) is 0 Å². The fraction of sp³-hybridized carbons (Fsp3) is 0.942. The minimum Gasteiger partial charge on any atom is -0.462 e. The number of phosphoric acid groups is 2. The van der Waals surface area contributed by atoms with Crippen molar-refractivity contribution in [3.05, 3.63) is 0 Å². The number of aliphatic hydroxyl groups excluding tert-OH is 1. The van der Waals surface area contributed by atoms with Gasteiger partial charge in [-0.25, -0.2) is 9.13 Å². The van der Waals surface area contributed by atoms with Gasteiger partial charge >= 0.3 is 39.5 Å². The molecule has 88 heavy (non-hydrogen) atoms. The zero-order valence-corrected chi connectivity index (χ0v) is 59.0. The van der Waals surface area contributed by atoms with E-state index < -0.39 is 97.5 Å². The number of ether oxygens (including phenoxy) is 4. The summed E-state index contributed by atoms with van der Waals surface area (Å²) in [5, 5.41) is 10.6. The van der Waals surface area contributed by atoms with E-state index >= 15 is 0 Å². The fourth-order valence-electron chi connectivity index (χ4n) is 10.3. The highest BCUT2D eigenvalue weighted by atomic mass is 31.2. The molecule has 3 unspecified atom stereocenters. The zero-order valence-electron chi connectivity index (χ0n) is 57.2. The number of unbranched alkanes of at least 4 members (excludes halogenated alkanes) is 34. The van der Waals surface area contributed by atoms with Crippen LogP contribution in [0.25, 0.3) is 0 Å². The van der Waals surface area contributed by atoms with E-state index in [-0.39, 0.29) is 25.7 Å². The highest BCUT2D eigenvalue weighted by Gasteiger charge is 2.30. The SMILES string of the molecule is CCCCCCCCCCCCCCCCCC(=O)O[C@H](COC(=O)CCCCCCCCCCCCCC(C)C)COP(=O)(O)OC[C@@H](O)COP(=O)(O)OC[C@@H](COC(=O)CCCCCCCCC(C)C)OC(=O)CCCCCCCCC(C)CC. The molecule has 0 aliphatic rings. The summed E-state index contributed by atoms with van der Waals surface area (Å²) in [4.78, 5) is 72.4. The van der Waals surface area contributed by atoms with E-state index in [4.69, 9.17) is 37.0 Å². The van der Waals surface area contributed by atoms with Crippen molar-refractivity contribution < 1.29 is 80.2 Å². The monoisotopic (exact) mass is 1300 g/mol. The predicted octanol–water partition coefficient (Wildman–Crippen LogP) is 19.5. The van der Waals surface area contributed by atoms with Gasteiger partial charge in [0.05, 0.1) is 26.4 Å². The molecule has 0 rings (SSSR count). The van der Waals surface area contributed by atoms with Crippen molar-refractivity contribution in [1.29, 1.82) is 0 Å². The van der Waals surface area contributed by atoms with Gasteiger partial charge < -0.3 is 33.8 Å². The summed E-state index contributed by atoms with van der Waals surface area (Å²) >= 11 is 0. The second-order valence-electron chi connectivity index (χ2n) is 26.1. The van der Waals surface area contributed by atoms with E-state index in [1.807, 2.05) is 0 Å². The van der Waals surface area contributed by atoms with Gasteiger partial charge in [0.25, 0.3) is 0 Å². The van der Waals surface area contributed by atoms with Crippen molar-refractivity contribution in [2.75, 3.05) is 39.6 Å². The largest absolute Gasteiger partial charge is 0.472 e. The Morgan fingerprint density at radius 1 is 0.330 bits per heavy atom. The summed E-state index contributed by atoms with van der Waals surface area (Å²) in [7, 11) is -9.90. The quantitative estimate of drug-likeness (QED) is 0.0222. The molecule has 0 aromatic heterocycles. The number of carbonyl (C=O) groups is 4. The Labute approximate surface area is 537 Å². The summed E-state index contributed by atoms with van der Waals surface area (Å²) in [6.45, 7) is 11.7. The first-order valence-electron chi connectivity index (χ1n) is 35.9. The van der Waals surface area contributed by atoms with Crippen molar-refractivity contribution in [2.45, 2.75) is 362 Å². The average molecular weight is 1300 g/mol. The molecule has 17 nitrogen and oxygen atoms in total. The van der Waals surface area contributed by atoms with Gasteiger partial charge in [0, 0.05) is 25.7 Å². The number of carbonyl (C=O) groups excluding carboxylic acids is 4. The van der Waals surface area contributed by atoms with E-state index in [9.17, 15) is 43.2 Å². The van der Waals surface area contributed by atoms with Crippen LogP contribution in [0.5, 0.6) is 0 Å². The predicted molar refractivity (Wildman–Crippen MR) is 354 cm³/mol. The summed E-state index contributed by atoms with van der Waals surface area (Å²) in [6, 6.07) is 0. The highest BCUT2D eigenvalue weighted by Crippen LogP contribution is 2.45. The maximum atomic E-state index is 13.0. The third-order valence-electron chi connectivity index (χ3n) is 16.2. The summed E-state index contributed by atoms with van der Waals surface area (Å²) in [5.74, 6) is 0.0393. The fourth-order valence-corrected chi connectivity index (χ4v) is 11.9. The molecule has 0 heterocycles. The second-order valence-corrected chi connectivity index (χ2v) is 29.0. The van der Waals surface area contributed by atoms with Crippen molar-refractivity contribution in [2.24, 2.45) is 17.8 Å². The van der Waals surface area contributed by atoms with Crippen LogP contribution in [0.4, 0.5) is 0 Å². The minimum absolute atomic E-state index is 0.102. The number of hydrogen-bond donors (Lipinski definition) is 3. The molecule has 0 fully saturated rings. The first-order chi connectivity index (χ1) is 42.3. The molecule has 3 N–H and O–H groups in total. The van der Waals surface area contributed by atoms with Gasteiger partial charge in [-0.1, -0.05) is 292 Å². The lowest BCUT2D eigenvalue weighted by molar-refractivity contribution is -0.161. The van der Waals surface area contributed by atoms with E-state index in [2.05, 4.69) is 48.5 Å². The molecule has 6 atom stereocenters. The highest BCUT2D eigenvalue weighted by molar-refractivity contribution is 7.47. The number of hydrogen-bond acceptors (Lipinski definition) is 15. The van der Waals surface area contributed by atoms with E-state index in [0.717, 1.165) is 108 Å². The summed E-state index contributed by atoms with van der Waals surface area (Å²) in [6.07, 6.45) is 43.2. The maximum absolute atomic E-state index is 13.0. The standard InChI is InChI=1S/C69H134O17P2/c1-8-10-11-12-13-14-15-16-17-18-21-25-28-38-45-52-68(73)85-64(56-79-66(71)50-43-36-27-24-22-19-20-23-26-33-40-47-60(3)4)58-83-87(75,76)81-54-63(70)55-82-88(77,78)84-59-65(57-80-67(72)51-44-37-31-29-34-41-48-61(5)6)86-69(74)53-46-39-32-30-35-42-49-62(7)9-2/h60-65,70H,8-59H2,1-7H3,(H,75,76)(H,77,78)/t62?,63-,64-,65-/m1/s1. The molecule has 0 radical (unpaired) electrons. The van der Waals surface area contributed by atoms with E-state index in [0.29, 0.717) is 31.6 Å². The number of rotatable bonds is 67. The molecule has 0 aromatic carbocycles. The Kier molecular flexibility index (Phi) is 58.7. The van der Waals surface area contributed by atoms with Crippen LogP contribution in [-0.4, -0.2) is 96.7 Å². The molecule has 19 heteroatoms. The third kappa shape index (κ3) is 61.6. The Morgan fingerprint density at radius 2 is 0.580 bits per heavy atom. The minimum atomic E-state index is -4.95. The lowest BCUT2D eigenvalue weighted by Gasteiger charge is -2.21. The van der Waals surface area contributed by atoms with E-state index in [1.165, 1.54) is 148 Å². The molecule has 0 spiro atoms. The van der Waals surface area contributed by atoms with Gasteiger partial charge in [-0.05, 0) is 43.4 Å². The Balaban J connectivity index is 5.24. The molecule has 0 bridgehead atoms. The van der Waals surface area contributed by atoms with Gasteiger partial charge in [-0.3, -0.25) is 37.3 Å². The Morgan fingerprint density at radius 3 is 0.864 bits per heavy atom. The summed E-state index contributed by atoms with van der Waals surface area (Å²) in [5.41, 5.74) is 0. The molecule has 522 valence electrons. The lowest BCUT2D eigenvalue weighted by atomic mass is 10.00. The molecule has 0 aliphatic carbocycles. The van der Waals surface area contributed by atoms with Crippen LogP contribution in [0.2, 0.25) is 0 Å². The van der Waals surface area contributed by atoms with Crippen molar-refractivity contribution in [3.63, 3.8) is 0 Å². The number of esters is 4. The Hall–Kier alpha value is -1.94. The molecular formula is C69H134O17P2. The zero-order chi connectivity index (χ0) is 65.2. The normalized spacial score (nSPS) is 14.5. The van der Waals surface area contributed by atoms with Crippen LogP contribution in [0.1, 0.15) is 344 Å². The van der Waals surface area contributed by atoms with Gasteiger partial charge in [0.2, 0.25) is 0 Å². The second kappa shape index (κ2) is 60.0. The molecular weight excluding hydrogens is 1160 g/mol. The third-order valence-corrected chi connectivity index (χ3v) is 18.1. The molecule has 0 amide bonds. The van der Waals surface area contributed by atoms with Crippen LogP contribution < -0.4 is 0 Å². The van der Waals surface area contributed by atoms with Crippen LogP contribution in [0.3, 0.4) is 0 Å². The first-order valence-corrected chi connectivity index (χ1v) is 38.9. The van der Waals surface area contributed by atoms with Gasteiger partial charge in [-0.15, -0.1) is 0 Å². The van der Waals surface area contributed by atoms with Gasteiger partial charge in [-0.2, -0.15) is 0 Å². The van der Waals surface area contributed by atoms with E-state index in [1.54, 1.807) is 0 Å². The lowest BCUT2D eigenvalue weighted by Crippen LogP contribution is -2.30. The maximum Gasteiger partial charge on any atom is 0.472 e. The van der Waals surface area contributed by atoms with Crippen molar-refractivity contribution in [1.82, 2.24) is 0 Å². The van der Waals surface area contributed by atoms with Crippen LogP contribution in [0, 0.1) is 17.8 Å². The smallest absolute Gasteiger partial charge is 0.462 e. The topological polar surface area (TPSA) is 237 Å². The van der Waals surface area contributed by atoms with Gasteiger partial charge in [0.15, 0.2) is 12.2 Å². The number of aliphatic hydroxyl groups is 1. The van der Waals surface area contributed by atoms with Crippen LogP contribution >= 0.6 is 15.6 Å². The molecule has 0 aliphatic heterocycles. The van der Waals surface area contributed by atoms with Crippen LogP contribution in [0.15, 0.2) is 0 Å². The average Bonchev–Trinajstić information content (AvgIpc) is 3.54. The summed E-state index contributed by atoms with van der Waals surface area (Å²) < 4.78 is 68.2. The van der Waals surface area contributed by atoms with Crippen LogP contribution in [-0.2, 0) is 65.4 Å². The molecule has 0 aromatic rings. The van der Waals surface area contributed by atoms with Crippen molar-refractivity contribution >= 4 is 39.5 Å².